The zero-order valence-electron chi connectivity index (χ0n) is 16.6. The molecule has 0 aromatic carbocycles. The lowest BCUT2D eigenvalue weighted by Gasteiger charge is -2.47. The molecule has 2 aliphatic heterocycles. The van der Waals surface area contributed by atoms with Crippen LogP contribution in [0.3, 0.4) is 0 Å². The molecule has 1 atom stereocenters. The van der Waals surface area contributed by atoms with E-state index in [-0.39, 0.29) is 0 Å². The van der Waals surface area contributed by atoms with Crippen LogP contribution in [-0.2, 0) is 4.79 Å². The summed E-state index contributed by atoms with van der Waals surface area (Å²) >= 11 is 0. The average molecular weight is 383 g/mol. The van der Waals surface area contributed by atoms with Crippen LogP contribution < -0.4 is 10.6 Å². The van der Waals surface area contributed by atoms with Crippen molar-refractivity contribution in [2.45, 2.75) is 25.3 Å². The number of amides is 1. The van der Waals surface area contributed by atoms with Gasteiger partial charge < -0.3 is 15.5 Å². The number of aliphatic imine (C=N–C) groups is 1. The van der Waals surface area contributed by atoms with Crippen molar-refractivity contribution in [2.24, 2.45) is 16.1 Å². The number of pyridine rings is 1. The number of allylic oxidation sites excluding steroid dienone is 1. The van der Waals surface area contributed by atoms with Crippen LogP contribution in [0.5, 0.6) is 0 Å². The summed E-state index contributed by atoms with van der Waals surface area (Å²) in [7, 11) is 1.75. The van der Waals surface area contributed by atoms with Gasteiger partial charge in [0.2, 0.25) is 6.41 Å². The molecule has 0 radical (unpaired) electrons. The minimum atomic E-state index is 0.400. The van der Waals surface area contributed by atoms with Crippen molar-refractivity contribution in [1.82, 2.24) is 14.8 Å². The number of nitrogens with zero attached hydrogens (tertiary/aromatic N) is 5. The number of hydrogen-bond donors (Lipinski definition) is 1. The van der Waals surface area contributed by atoms with E-state index in [2.05, 4.69) is 25.8 Å². The number of carbonyl (C=O) groups is 1. The molecule has 4 rings (SSSR count). The van der Waals surface area contributed by atoms with E-state index in [1.54, 1.807) is 19.5 Å². The molecule has 1 amide bonds. The van der Waals surface area contributed by atoms with Crippen LogP contribution in [-0.4, -0.2) is 79.8 Å². The van der Waals surface area contributed by atoms with Gasteiger partial charge in [-0.1, -0.05) is 0 Å². The topological polar surface area (TPSA) is 78.1 Å². The van der Waals surface area contributed by atoms with Gasteiger partial charge in [-0.05, 0) is 31.4 Å². The Morgan fingerprint density at radius 2 is 2.11 bits per heavy atom. The maximum Gasteiger partial charge on any atom is 0.209 e. The third kappa shape index (κ3) is 3.51. The standard InChI is InChI=1S/C21H30N6O/c1-23-13-17(12-22)19-3-2-6-24-20(19)27-9-7-26(8-10-27)18-4-5-21(11-18)14-25(15-21)16-28/h2-3,6,12-13,16,18H,4-5,7-11,14-15,22H2,1H3. The second-order valence-electron chi connectivity index (χ2n) is 8.31. The summed E-state index contributed by atoms with van der Waals surface area (Å²) in [6.45, 7) is 5.95. The summed E-state index contributed by atoms with van der Waals surface area (Å²) in [5.41, 5.74) is 8.16. The van der Waals surface area contributed by atoms with E-state index in [0.717, 1.165) is 62.6 Å². The van der Waals surface area contributed by atoms with Crippen molar-refractivity contribution in [1.29, 1.82) is 0 Å². The Bertz CT molecular complexity index is 762. The molecule has 1 aromatic rings. The van der Waals surface area contributed by atoms with Crippen LogP contribution in [0.2, 0.25) is 0 Å². The van der Waals surface area contributed by atoms with Gasteiger partial charge >= 0.3 is 0 Å². The number of aromatic nitrogens is 1. The number of nitrogens with two attached hydrogens (primary N) is 1. The molecule has 1 aliphatic carbocycles. The van der Waals surface area contributed by atoms with Crippen LogP contribution in [0.1, 0.15) is 24.8 Å². The highest BCUT2D eigenvalue weighted by atomic mass is 16.1. The lowest BCUT2D eigenvalue weighted by molar-refractivity contribution is -0.129. The fraction of sp³-hybridized carbons (Fsp3) is 0.571. The van der Waals surface area contributed by atoms with Crippen LogP contribution >= 0.6 is 0 Å². The summed E-state index contributed by atoms with van der Waals surface area (Å²) < 4.78 is 0. The molecule has 1 unspecified atom stereocenters. The average Bonchev–Trinajstić information content (AvgIpc) is 3.17. The van der Waals surface area contributed by atoms with Crippen LogP contribution in [0.25, 0.3) is 5.57 Å². The number of anilines is 1. The molecule has 150 valence electrons. The number of likely N-dealkylation sites (tertiary alicyclic amines) is 1. The normalized spacial score (nSPS) is 25.5. The van der Waals surface area contributed by atoms with Crippen molar-refractivity contribution in [2.75, 3.05) is 51.2 Å². The van der Waals surface area contributed by atoms with E-state index in [0.29, 0.717) is 11.5 Å². The van der Waals surface area contributed by atoms with E-state index >= 15 is 0 Å². The predicted octanol–water partition coefficient (Wildman–Crippen LogP) is 1.21. The maximum absolute atomic E-state index is 10.9. The molecule has 2 N–H and O–H groups in total. The highest BCUT2D eigenvalue weighted by molar-refractivity contribution is 6.11. The largest absolute Gasteiger partial charge is 0.404 e. The van der Waals surface area contributed by atoms with Gasteiger partial charge in [0, 0.05) is 87.5 Å². The van der Waals surface area contributed by atoms with Gasteiger partial charge in [-0.15, -0.1) is 0 Å². The van der Waals surface area contributed by atoms with E-state index in [1.165, 1.54) is 19.3 Å². The van der Waals surface area contributed by atoms with E-state index in [4.69, 9.17) is 5.73 Å². The first kappa shape index (κ1) is 18.9. The van der Waals surface area contributed by atoms with Gasteiger partial charge in [-0.3, -0.25) is 14.7 Å². The Morgan fingerprint density at radius 1 is 1.32 bits per heavy atom. The molecule has 1 aromatic heterocycles. The molecule has 7 nitrogen and oxygen atoms in total. The maximum atomic E-state index is 10.9. The summed E-state index contributed by atoms with van der Waals surface area (Å²) in [5.74, 6) is 0.988. The van der Waals surface area contributed by atoms with Crippen molar-refractivity contribution in [3.63, 3.8) is 0 Å². The van der Waals surface area contributed by atoms with Gasteiger partial charge in [-0.25, -0.2) is 4.98 Å². The molecule has 3 aliphatic rings. The molecule has 0 bridgehead atoms. The van der Waals surface area contributed by atoms with Gasteiger partial charge in [0.15, 0.2) is 0 Å². The molecular formula is C21H30N6O. The zero-order chi connectivity index (χ0) is 19.6. The molecular weight excluding hydrogens is 352 g/mol. The van der Waals surface area contributed by atoms with Gasteiger partial charge in [-0.2, -0.15) is 0 Å². The van der Waals surface area contributed by atoms with Gasteiger partial charge in [0.1, 0.15) is 5.82 Å². The Labute approximate surface area is 166 Å². The van der Waals surface area contributed by atoms with E-state index in [9.17, 15) is 4.79 Å². The van der Waals surface area contributed by atoms with Crippen molar-refractivity contribution < 1.29 is 4.79 Å². The number of piperazine rings is 1. The second-order valence-corrected chi connectivity index (χ2v) is 8.31. The third-order valence-corrected chi connectivity index (χ3v) is 6.58. The molecule has 3 heterocycles. The van der Waals surface area contributed by atoms with Crippen molar-refractivity contribution in [3.05, 3.63) is 30.1 Å². The Morgan fingerprint density at radius 3 is 2.79 bits per heavy atom. The Kier molecular flexibility index (Phi) is 5.35. The summed E-state index contributed by atoms with van der Waals surface area (Å²) in [5, 5.41) is 0. The molecule has 3 fully saturated rings. The van der Waals surface area contributed by atoms with Crippen molar-refractivity contribution in [3.8, 4) is 0 Å². The fourth-order valence-electron chi connectivity index (χ4n) is 5.18. The molecule has 1 spiro atoms. The number of carbonyl (C=O) groups excluding carboxylic acids is 1. The van der Waals surface area contributed by atoms with Crippen LogP contribution in [0.4, 0.5) is 5.82 Å². The highest BCUT2D eigenvalue weighted by Crippen LogP contribution is 2.46. The zero-order valence-corrected chi connectivity index (χ0v) is 16.6. The summed E-state index contributed by atoms with van der Waals surface area (Å²) in [6, 6.07) is 4.66. The van der Waals surface area contributed by atoms with Gasteiger partial charge in [0.25, 0.3) is 0 Å². The molecule has 2 saturated heterocycles. The van der Waals surface area contributed by atoms with E-state index < -0.39 is 0 Å². The van der Waals surface area contributed by atoms with Crippen LogP contribution in [0, 0.1) is 5.41 Å². The van der Waals surface area contributed by atoms with Crippen LogP contribution in [0.15, 0.2) is 29.5 Å². The van der Waals surface area contributed by atoms with Gasteiger partial charge in [0.05, 0.1) is 0 Å². The molecule has 28 heavy (non-hydrogen) atoms. The fourth-order valence-corrected chi connectivity index (χ4v) is 5.18. The summed E-state index contributed by atoms with van der Waals surface area (Å²) in [6.07, 6.45) is 9.98. The minimum absolute atomic E-state index is 0.400. The Balaban J connectivity index is 1.38. The lowest BCUT2D eigenvalue weighted by Crippen LogP contribution is -2.55. The summed E-state index contributed by atoms with van der Waals surface area (Å²) in [4.78, 5) is 26.6. The first-order chi connectivity index (χ1) is 13.7. The van der Waals surface area contributed by atoms with Crippen molar-refractivity contribution >= 4 is 24.0 Å². The SMILES string of the molecule is CN=CC(=CN)c1cccnc1N1CCN(C2CCC3(C2)CN(C=O)C3)CC1. The smallest absolute Gasteiger partial charge is 0.209 e. The molecule has 1 saturated carbocycles. The number of hydrogen-bond acceptors (Lipinski definition) is 6. The highest BCUT2D eigenvalue weighted by Gasteiger charge is 2.49. The Hall–Kier alpha value is -2.41. The first-order valence-corrected chi connectivity index (χ1v) is 10.2. The second kappa shape index (κ2) is 7.91. The quantitative estimate of drug-likeness (QED) is 0.612. The number of rotatable bonds is 5. The van der Waals surface area contributed by atoms with E-state index in [1.807, 2.05) is 17.2 Å². The monoisotopic (exact) mass is 382 g/mol. The predicted molar refractivity (Wildman–Crippen MR) is 112 cm³/mol. The first-order valence-electron chi connectivity index (χ1n) is 10.2. The minimum Gasteiger partial charge on any atom is -0.404 e. The lowest BCUT2D eigenvalue weighted by atomic mass is 9.78. The third-order valence-electron chi connectivity index (χ3n) is 6.58. The molecule has 7 heteroatoms.